The van der Waals surface area contributed by atoms with Crippen LogP contribution in [0.3, 0.4) is 0 Å². The molecule has 0 spiro atoms. The number of ether oxygens (including phenoxy) is 1. The molecular weight excluding hydrogens is 298 g/mol. The van der Waals surface area contributed by atoms with Gasteiger partial charge in [0.2, 0.25) is 0 Å². The zero-order valence-electron chi connectivity index (χ0n) is 13.2. The maximum Gasteiger partial charge on any atom is 0.326 e. The molecule has 0 fully saturated rings. The molecule has 2 N–H and O–H groups in total. The quantitative estimate of drug-likeness (QED) is 0.846. The number of methoxy groups -OCH3 is 1. The maximum atomic E-state index is 12.4. The Hall–Kier alpha value is -2.83. The molecule has 1 heterocycles. The summed E-state index contributed by atoms with van der Waals surface area (Å²) in [5.74, 6) is -1.65. The molecular formula is C16H19N3O4. The van der Waals surface area contributed by atoms with Crippen LogP contribution in [0.15, 0.2) is 36.5 Å². The fraction of sp³-hybridized carbons (Fsp3) is 0.312. The van der Waals surface area contributed by atoms with Crippen LogP contribution in [0.5, 0.6) is 5.75 Å². The molecule has 1 atom stereocenters. The van der Waals surface area contributed by atoms with E-state index in [-0.39, 0.29) is 17.4 Å². The van der Waals surface area contributed by atoms with Gasteiger partial charge in [-0.3, -0.25) is 4.79 Å². The van der Waals surface area contributed by atoms with Crippen LogP contribution in [0, 0.1) is 5.92 Å². The van der Waals surface area contributed by atoms with Crippen molar-refractivity contribution < 1.29 is 19.4 Å². The van der Waals surface area contributed by atoms with E-state index < -0.39 is 17.9 Å². The number of hydrogen-bond donors (Lipinski definition) is 2. The van der Waals surface area contributed by atoms with E-state index in [1.807, 2.05) is 30.3 Å². The lowest BCUT2D eigenvalue weighted by molar-refractivity contribution is -0.140. The average Bonchev–Trinajstić information content (AvgIpc) is 2.97. The van der Waals surface area contributed by atoms with E-state index in [9.17, 15) is 14.7 Å². The summed E-state index contributed by atoms with van der Waals surface area (Å²) in [7, 11) is 1.43. The first-order valence-electron chi connectivity index (χ1n) is 7.16. The van der Waals surface area contributed by atoms with Crippen LogP contribution in [-0.4, -0.2) is 39.9 Å². The molecule has 0 aliphatic carbocycles. The fourth-order valence-electron chi connectivity index (χ4n) is 2.10. The highest BCUT2D eigenvalue weighted by molar-refractivity contribution is 5.97. The first-order valence-corrected chi connectivity index (χ1v) is 7.16. The van der Waals surface area contributed by atoms with Crippen molar-refractivity contribution in [1.29, 1.82) is 0 Å². The lowest BCUT2D eigenvalue weighted by Crippen LogP contribution is -2.44. The number of rotatable bonds is 6. The highest BCUT2D eigenvalue weighted by atomic mass is 16.5. The molecule has 0 aliphatic rings. The Labute approximate surface area is 133 Å². The SMILES string of the molecule is COc1cn(-c2ccccc2)nc1C(=O)NC(C(=O)O)C(C)C. The van der Waals surface area contributed by atoms with Gasteiger partial charge in [-0.2, -0.15) is 5.10 Å². The second kappa shape index (κ2) is 6.95. The first-order chi connectivity index (χ1) is 10.9. The summed E-state index contributed by atoms with van der Waals surface area (Å²) in [6.45, 7) is 3.44. The number of carbonyl (C=O) groups excluding carboxylic acids is 1. The van der Waals surface area contributed by atoms with Gasteiger partial charge in [-0.15, -0.1) is 0 Å². The number of carboxylic acids is 1. The minimum atomic E-state index is -1.09. The van der Waals surface area contributed by atoms with Crippen molar-refractivity contribution in [2.24, 2.45) is 5.92 Å². The van der Waals surface area contributed by atoms with Gasteiger partial charge in [-0.25, -0.2) is 9.48 Å². The minimum Gasteiger partial charge on any atom is -0.493 e. The van der Waals surface area contributed by atoms with Crippen LogP contribution < -0.4 is 10.1 Å². The topological polar surface area (TPSA) is 93.5 Å². The Morgan fingerprint density at radius 1 is 1.26 bits per heavy atom. The third-order valence-corrected chi connectivity index (χ3v) is 3.36. The fourth-order valence-corrected chi connectivity index (χ4v) is 2.10. The molecule has 0 radical (unpaired) electrons. The molecule has 1 unspecified atom stereocenters. The Bertz CT molecular complexity index is 695. The molecule has 0 aliphatic heterocycles. The Morgan fingerprint density at radius 3 is 2.43 bits per heavy atom. The second-order valence-corrected chi connectivity index (χ2v) is 5.36. The zero-order valence-corrected chi connectivity index (χ0v) is 13.2. The molecule has 0 saturated heterocycles. The van der Waals surface area contributed by atoms with Crippen LogP contribution in [0.25, 0.3) is 5.69 Å². The summed E-state index contributed by atoms with van der Waals surface area (Å²) >= 11 is 0. The average molecular weight is 317 g/mol. The summed E-state index contributed by atoms with van der Waals surface area (Å²) in [5.41, 5.74) is 0.812. The van der Waals surface area contributed by atoms with E-state index in [0.717, 1.165) is 5.69 Å². The molecule has 2 rings (SSSR count). The number of amides is 1. The summed E-state index contributed by atoms with van der Waals surface area (Å²) in [6.07, 6.45) is 1.58. The number of para-hydroxylation sites is 1. The molecule has 0 saturated carbocycles. The molecule has 122 valence electrons. The van der Waals surface area contributed by atoms with Gasteiger partial charge >= 0.3 is 5.97 Å². The van der Waals surface area contributed by atoms with E-state index >= 15 is 0 Å². The van der Waals surface area contributed by atoms with Crippen molar-refractivity contribution >= 4 is 11.9 Å². The third kappa shape index (κ3) is 3.68. The van der Waals surface area contributed by atoms with E-state index in [1.165, 1.54) is 11.8 Å². The second-order valence-electron chi connectivity index (χ2n) is 5.36. The molecule has 1 aromatic carbocycles. The number of nitrogens with one attached hydrogen (secondary N) is 1. The summed E-state index contributed by atoms with van der Waals surface area (Å²) in [6, 6.07) is 8.25. The summed E-state index contributed by atoms with van der Waals surface area (Å²) in [4.78, 5) is 23.6. The van der Waals surface area contributed by atoms with Crippen LogP contribution in [0.2, 0.25) is 0 Å². The first kappa shape index (κ1) is 16.5. The van der Waals surface area contributed by atoms with Gasteiger partial charge in [0.15, 0.2) is 11.4 Å². The highest BCUT2D eigenvalue weighted by Gasteiger charge is 2.27. The van der Waals surface area contributed by atoms with Crippen molar-refractivity contribution in [2.75, 3.05) is 7.11 Å². The standard InChI is InChI=1S/C16H19N3O4/c1-10(2)13(16(21)22)17-15(20)14-12(23-3)9-19(18-14)11-7-5-4-6-8-11/h4-10,13H,1-3H3,(H,17,20)(H,21,22). The third-order valence-electron chi connectivity index (χ3n) is 3.36. The molecule has 1 aromatic heterocycles. The van der Waals surface area contributed by atoms with Crippen molar-refractivity contribution in [1.82, 2.24) is 15.1 Å². The summed E-state index contributed by atoms with van der Waals surface area (Å²) in [5, 5.41) is 15.9. The molecule has 23 heavy (non-hydrogen) atoms. The van der Waals surface area contributed by atoms with Gasteiger partial charge in [0.05, 0.1) is 19.0 Å². The van der Waals surface area contributed by atoms with E-state index in [1.54, 1.807) is 20.0 Å². The Kier molecular flexibility index (Phi) is 5.00. The molecule has 7 nitrogen and oxygen atoms in total. The van der Waals surface area contributed by atoms with E-state index in [4.69, 9.17) is 4.74 Å². The zero-order chi connectivity index (χ0) is 17.0. The number of carbonyl (C=O) groups is 2. The number of hydrogen-bond acceptors (Lipinski definition) is 4. The predicted molar refractivity (Wildman–Crippen MR) is 83.8 cm³/mol. The summed E-state index contributed by atoms with van der Waals surface area (Å²) < 4.78 is 6.69. The lowest BCUT2D eigenvalue weighted by atomic mass is 10.0. The van der Waals surface area contributed by atoms with Crippen LogP contribution in [0.1, 0.15) is 24.3 Å². The molecule has 0 bridgehead atoms. The Morgan fingerprint density at radius 2 is 1.91 bits per heavy atom. The number of nitrogens with zero attached hydrogens (tertiary/aromatic N) is 2. The van der Waals surface area contributed by atoms with Crippen molar-refractivity contribution in [3.05, 3.63) is 42.2 Å². The maximum absolute atomic E-state index is 12.4. The predicted octanol–water partition coefficient (Wildman–Crippen LogP) is 1.72. The highest BCUT2D eigenvalue weighted by Crippen LogP contribution is 2.19. The van der Waals surface area contributed by atoms with Crippen molar-refractivity contribution in [3.8, 4) is 11.4 Å². The smallest absolute Gasteiger partial charge is 0.326 e. The number of carboxylic acid groups (broad SMARTS) is 1. The van der Waals surface area contributed by atoms with Crippen LogP contribution in [0.4, 0.5) is 0 Å². The van der Waals surface area contributed by atoms with E-state index in [2.05, 4.69) is 10.4 Å². The number of benzene rings is 1. The van der Waals surface area contributed by atoms with Gasteiger partial charge in [0.1, 0.15) is 6.04 Å². The normalized spacial score (nSPS) is 12.0. The molecule has 1 amide bonds. The van der Waals surface area contributed by atoms with Gasteiger partial charge in [-0.1, -0.05) is 32.0 Å². The molecule has 7 heteroatoms. The minimum absolute atomic E-state index is 0.0447. The number of aromatic nitrogens is 2. The monoisotopic (exact) mass is 317 g/mol. The molecule has 2 aromatic rings. The van der Waals surface area contributed by atoms with Crippen molar-refractivity contribution in [2.45, 2.75) is 19.9 Å². The van der Waals surface area contributed by atoms with Gasteiger partial charge in [-0.05, 0) is 18.1 Å². The van der Waals surface area contributed by atoms with E-state index in [0.29, 0.717) is 0 Å². The largest absolute Gasteiger partial charge is 0.493 e. The number of aliphatic carboxylic acids is 1. The van der Waals surface area contributed by atoms with Crippen LogP contribution in [-0.2, 0) is 4.79 Å². The van der Waals surface area contributed by atoms with Gasteiger partial charge < -0.3 is 15.2 Å². The Balaban J connectivity index is 2.30. The van der Waals surface area contributed by atoms with Crippen molar-refractivity contribution in [3.63, 3.8) is 0 Å². The van der Waals surface area contributed by atoms with Gasteiger partial charge in [0, 0.05) is 0 Å². The lowest BCUT2D eigenvalue weighted by Gasteiger charge is -2.17. The van der Waals surface area contributed by atoms with Gasteiger partial charge in [0.25, 0.3) is 5.91 Å². The van der Waals surface area contributed by atoms with Crippen LogP contribution >= 0.6 is 0 Å².